The molecular formula is C19H15ClFN5. The maximum Gasteiger partial charge on any atom is 0.165 e. The number of aryl methyl sites for hydroxylation is 2. The largest absolute Gasteiger partial charge is 0.338 e. The Morgan fingerprint density at radius 1 is 1.08 bits per heavy atom. The van der Waals surface area contributed by atoms with Gasteiger partial charge in [-0.05, 0) is 55.0 Å². The summed E-state index contributed by atoms with van der Waals surface area (Å²) in [7, 11) is 1.87. The lowest BCUT2D eigenvalue weighted by Gasteiger charge is -2.10. The summed E-state index contributed by atoms with van der Waals surface area (Å²) in [6, 6.07) is 11.9. The molecule has 5 nitrogen and oxygen atoms in total. The number of nitrogens with one attached hydrogen (secondary N) is 1. The van der Waals surface area contributed by atoms with Crippen LogP contribution in [0.15, 0.2) is 48.8 Å². The number of fused-ring (bicyclic) bond motifs is 1. The minimum atomic E-state index is -0.285. The van der Waals surface area contributed by atoms with Crippen LogP contribution in [0.3, 0.4) is 0 Å². The number of rotatable bonds is 3. The number of anilines is 2. The Morgan fingerprint density at radius 2 is 1.85 bits per heavy atom. The number of nitrogens with zero attached hydrogens (tertiary/aromatic N) is 4. The molecule has 0 amide bonds. The molecule has 7 heteroatoms. The fourth-order valence-electron chi connectivity index (χ4n) is 2.76. The Morgan fingerprint density at radius 3 is 2.58 bits per heavy atom. The highest BCUT2D eigenvalue weighted by Gasteiger charge is 2.15. The van der Waals surface area contributed by atoms with Crippen molar-refractivity contribution >= 4 is 34.3 Å². The summed E-state index contributed by atoms with van der Waals surface area (Å²) in [4.78, 5) is 13.6. The van der Waals surface area contributed by atoms with Crippen molar-refractivity contribution in [3.05, 3.63) is 65.2 Å². The van der Waals surface area contributed by atoms with Gasteiger partial charge in [0.2, 0.25) is 0 Å². The number of benzene rings is 2. The fourth-order valence-corrected chi connectivity index (χ4v) is 2.89. The summed E-state index contributed by atoms with van der Waals surface area (Å²) >= 11 is 5.95. The molecule has 0 atom stereocenters. The van der Waals surface area contributed by atoms with E-state index in [1.165, 1.54) is 12.1 Å². The van der Waals surface area contributed by atoms with Crippen molar-refractivity contribution in [2.75, 3.05) is 5.32 Å². The third-order valence-corrected chi connectivity index (χ3v) is 4.35. The summed E-state index contributed by atoms with van der Waals surface area (Å²) in [5.41, 5.74) is 3.72. The predicted molar refractivity (Wildman–Crippen MR) is 101 cm³/mol. The third kappa shape index (κ3) is 2.99. The Hall–Kier alpha value is -2.99. The molecule has 1 N–H and O–H groups in total. The molecular weight excluding hydrogens is 353 g/mol. The number of aromatic nitrogens is 4. The number of hydrogen-bond donors (Lipinski definition) is 1. The van der Waals surface area contributed by atoms with Gasteiger partial charge in [-0.3, -0.25) is 0 Å². The maximum atomic E-state index is 13.5. The lowest BCUT2D eigenvalue weighted by molar-refractivity contribution is 0.627. The zero-order valence-electron chi connectivity index (χ0n) is 14.2. The fraction of sp³-hybridized carbons (Fsp3) is 0.105. The van der Waals surface area contributed by atoms with Crippen LogP contribution in [0.4, 0.5) is 15.9 Å². The summed E-state index contributed by atoms with van der Waals surface area (Å²) < 4.78 is 15.3. The van der Waals surface area contributed by atoms with Gasteiger partial charge in [-0.15, -0.1) is 0 Å². The zero-order valence-corrected chi connectivity index (χ0v) is 14.9. The second-order valence-corrected chi connectivity index (χ2v) is 6.45. The van der Waals surface area contributed by atoms with Gasteiger partial charge in [0.1, 0.15) is 5.82 Å². The highest BCUT2D eigenvalue weighted by Crippen LogP contribution is 2.28. The molecule has 4 aromatic rings. The molecule has 2 aromatic carbocycles. The molecule has 0 fully saturated rings. The van der Waals surface area contributed by atoms with Gasteiger partial charge in [-0.1, -0.05) is 11.6 Å². The molecule has 0 bridgehead atoms. The number of imidazole rings is 1. The van der Waals surface area contributed by atoms with Crippen LogP contribution in [0.1, 0.15) is 5.56 Å². The Labute approximate surface area is 154 Å². The van der Waals surface area contributed by atoms with Gasteiger partial charge in [0, 0.05) is 23.3 Å². The number of hydrogen-bond acceptors (Lipinski definition) is 4. The van der Waals surface area contributed by atoms with Crippen LogP contribution in [-0.2, 0) is 7.05 Å². The minimum Gasteiger partial charge on any atom is -0.338 e. The van der Waals surface area contributed by atoms with E-state index in [2.05, 4.69) is 20.3 Å². The Bertz CT molecular complexity index is 1110. The van der Waals surface area contributed by atoms with Crippen LogP contribution in [0.5, 0.6) is 0 Å². The molecule has 0 aliphatic heterocycles. The van der Waals surface area contributed by atoms with Crippen LogP contribution in [-0.4, -0.2) is 19.5 Å². The standard InChI is InChI=1S/C19H15ClFN5/c1-11-9-13(21)5-8-15(11)17-24-18(16-19(25-17)26(2)10-22-16)23-14-6-3-12(20)4-7-14/h3-10H,1-2H3,(H,23,24,25). The molecule has 2 heterocycles. The van der Waals surface area contributed by atoms with Crippen molar-refractivity contribution in [2.45, 2.75) is 6.92 Å². The van der Waals surface area contributed by atoms with Gasteiger partial charge >= 0.3 is 0 Å². The monoisotopic (exact) mass is 367 g/mol. The molecule has 4 rings (SSSR count). The molecule has 0 saturated carbocycles. The summed E-state index contributed by atoms with van der Waals surface area (Å²) in [5.74, 6) is 0.805. The van der Waals surface area contributed by atoms with Gasteiger partial charge in [-0.2, -0.15) is 0 Å². The first-order valence-corrected chi connectivity index (χ1v) is 8.37. The first kappa shape index (κ1) is 16.5. The van der Waals surface area contributed by atoms with Gasteiger partial charge in [0.05, 0.1) is 6.33 Å². The van der Waals surface area contributed by atoms with Crippen LogP contribution in [0.2, 0.25) is 5.02 Å². The first-order valence-electron chi connectivity index (χ1n) is 7.99. The van der Waals surface area contributed by atoms with E-state index in [1.54, 1.807) is 24.5 Å². The van der Waals surface area contributed by atoms with E-state index in [4.69, 9.17) is 11.6 Å². The van der Waals surface area contributed by atoms with Crippen molar-refractivity contribution in [3.8, 4) is 11.4 Å². The lowest BCUT2D eigenvalue weighted by Crippen LogP contribution is -2.01. The summed E-state index contributed by atoms with van der Waals surface area (Å²) in [6.45, 7) is 1.83. The summed E-state index contributed by atoms with van der Waals surface area (Å²) in [5, 5.41) is 3.93. The topological polar surface area (TPSA) is 55.6 Å². The van der Waals surface area contributed by atoms with E-state index < -0.39 is 0 Å². The molecule has 0 aliphatic carbocycles. The molecule has 0 spiro atoms. The molecule has 0 unspecified atom stereocenters. The van der Waals surface area contributed by atoms with E-state index >= 15 is 0 Å². The molecule has 0 aliphatic rings. The lowest BCUT2D eigenvalue weighted by atomic mass is 10.1. The van der Waals surface area contributed by atoms with Crippen molar-refractivity contribution in [2.24, 2.45) is 7.05 Å². The Kier molecular flexibility index (Phi) is 4.05. The average Bonchev–Trinajstić information content (AvgIpc) is 2.98. The van der Waals surface area contributed by atoms with E-state index in [0.717, 1.165) is 16.8 Å². The van der Waals surface area contributed by atoms with Gasteiger partial charge in [0.25, 0.3) is 0 Å². The highest BCUT2D eigenvalue weighted by molar-refractivity contribution is 6.30. The first-order chi connectivity index (χ1) is 12.5. The zero-order chi connectivity index (χ0) is 18.3. The second-order valence-electron chi connectivity index (χ2n) is 6.01. The molecule has 0 saturated heterocycles. The normalized spacial score (nSPS) is 11.1. The Balaban J connectivity index is 1.87. The summed E-state index contributed by atoms with van der Waals surface area (Å²) in [6.07, 6.45) is 1.69. The predicted octanol–water partition coefficient (Wildman–Crippen LogP) is 4.87. The van der Waals surface area contributed by atoms with E-state index in [-0.39, 0.29) is 5.82 Å². The van der Waals surface area contributed by atoms with Gasteiger partial charge in [0.15, 0.2) is 22.8 Å². The molecule has 0 radical (unpaired) electrons. The van der Waals surface area contributed by atoms with E-state index in [1.807, 2.05) is 30.7 Å². The van der Waals surface area contributed by atoms with Crippen LogP contribution < -0.4 is 5.32 Å². The quantitative estimate of drug-likeness (QED) is 0.561. The van der Waals surface area contributed by atoms with Crippen molar-refractivity contribution < 1.29 is 4.39 Å². The van der Waals surface area contributed by atoms with Gasteiger partial charge < -0.3 is 9.88 Å². The molecule has 26 heavy (non-hydrogen) atoms. The van der Waals surface area contributed by atoms with Crippen molar-refractivity contribution in [1.82, 2.24) is 19.5 Å². The number of halogens is 2. The highest BCUT2D eigenvalue weighted by atomic mass is 35.5. The van der Waals surface area contributed by atoms with Crippen molar-refractivity contribution in [1.29, 1.82) is 0 Å². The maximum absolute atomic E-state index is 13.5. The van der Waals surface area contributed by atoms with E-state index in [0.29, 0.717) is 27.8 Å². The van der Waals surface area contributed by atoms with Crippen LogP contribution >= 0.6 is 11.6 Å². The third-order valence-electron chi connectivity index (χ3n) is 4.10. The SMILES string of the molecule is Cc1cc(F)ccc1-c1nc(Nc2ccc(Cl)cc2)c2ncn(C)c2n1. The smallest absolute Gasteiger partial charge is 0.165 e. The van der Waals surface area contributed by atoms with Gasteiger partial charge in [-0.25, -0.2) is 19.3 Å². The van der Waals surface area contributed by atoms with E-state index in [9.17, 15) is 4.39 Å². The van der Waals surface area contributed by atoms with Crippen LogP contribution in [0.25, 0.3) is 22.6 Å². The van der Waals surface area contributed by atoms with Crippen LogP contribution in [0, 0.1) is 12.7 Å². The second kappa shape index (κ2) is 6.38. The molecule has 2 aromatic heterocycles. The molecule has 130 valence electrons. The average molecular weight is 368 g/mol. The minimum absolute atomic E-state index is 0.285. The van der Waals surface area contributed by atoms with Crippen molar-refractivity contribution in [3.63, 3.8) is 0 Å².